The second kappa shape index (κ2) is 5.72. The number of nitrogens with zero attached hydrogens (tertiary/aromatic N) is 3. The molecule has 2 aromatic heterocycles. The fourth-order valence-corrected chi connectivity index (χ4v) is 4.68. The lowest BCUT2D eigenvalue weighted by molar-refractivity contribution is -0.155. The molecule has 130 valence electrons. The van der Waals surface area contributed by atoms with Crippen LogP contribution in [0.15, 0.2) is 17.0 Å². The molecule has 0 radical (unpaired) electrons. The van der Waals surface area contributed by atoms with Crippen LogP contribution in [0.25, 0.3) is 5.52 Å². The number of halogens is 1. The monoisotopic (exact) mass is 394 g/mol. The molecule has 0 bridgehead atoms. The molecule has 1 aliphatic carbocycles. The Morgan fingerprint density at radius 3 is 2.79 bits per heavy atom. The highest BCUT2D eigenvalue weighted by Gasteiger charge is 2.55. The summed E-state index contributed by atoms with van der Waals surface area (Å²) in [4.78, 5) is 21.4. The molecule has 1 saturated carbocycles. The molecule has 6 nitrogen and oxygen atoms in total. The largest absolute Gasteiger partial charge is 0.469 e. The van der Waals surface area contributed by atoms with E-state index < -0.39 is 5.41 Å². The van der Waals surface area contributed by atoms with Gasteiger partial charge < -0.3 is 10.5 Å². The third kappa shape index (κ3) is 2.32. The molecule has 0 aromatic carbocycles. The third-order valence-electron chi connectivity index (χ3n) is 5.61. The fourth-order valence-electron chi connectivity index (χ4n) is 4.12. The Morgan fingerprint density at radius 2 is 2.17 bits per heavy atom. The van der Waals surface area contributed by atoms with E-state index in [2.05, 4.69) is 41.7 Å². The van der Waals surface area contributed by atoms with E-state index in [0.717, 1.165) is 24.2 Å². The summed E-state index contributed by atoms with van der Waals surface area (Å²) in [5.41, 5.74) is 6.07. The van der Waals surface area contributed by atoms with Gasteiger partial charge in [0.05, 0.1) is 12.5 Å². The van der Waals surface area contributed by atoms with Crippen LogP contribution < -0.4 is 5.73 Å². The summed E-state index contributed by atoms with van der Waals surface area (Å²) in [6.07, 6.45) is 5.92. The van der Waals surface area contributed by atoms with E-state index in [9.17, 15) is 4.79 Å². The van der Waals surface area contributed by atoms with Crippen molar-refractivity contribution in [1.29, 1.82) is 0 Å². The van der Waals surface area contributed by atoms with E-state index in [-0.39, 0.29) is 17.3 Å². The summed E-state index contributed by atoms with van der Waals surface area (Å²) >= 11 is 3.50. The maximum Gasteiger partial charge on any atom is 0.312 e. The third-order valence-corrected chi connectivity index (χ3v) is 6.16. The zero-order valence-electron chi connectivity index (χ0n) is 14.5. The average Bonchev–Trinajstić information content (AvgIpc) is 3.08. The number of esters is 1. The van der Waals surface area contributed by atoms with E-state index >= 15 is 0 Å². The lowest BCUT2D eigenvalue weighted by atomic mass is 9.72. The van der Waals surface area contributed by atoms with Crippen LogP contribution in [0.3, 0.4) is 0 Å². The van der Waals surface area contributed by atoms with Crippen molar-refractivity contribution in [2.75, 3.05) is 12.8 Å². The Labute approximate surface area is 149 Å². The molecule has 3 rings (SSSR count). The maximum absolute atomic E-state index is 12.5. The Hall–Kier alpha value is -1.63. The Morgan fingerprint density at radius 1 is 1.46 bits per heavy atom. The first-order valence-electron chi connectivity index (χ1n) is 8.12. The number of hydrogen-bond donors (Lipinski definition) is 1. The molecule has 0 amide bonds. The summed E-state index contributed by atoms with van der Waals surface area (Å²) in [5, 5.41) is 0. The number of aromatic nitrogens is 3. The van der Waals surface area contributed by atoms with Crippen molar-refractivity contribution in [2.24, 2.45) is 11.3 Å². The summed E-state index contributed by atoms with van der Waals surface area (Å²) < 4.78 is 7.81. The summed E-state index contributed by atoms with van der Waals surface area (Å²) in [6, 6.07) is 0. The number of methoxy groups -OCH3 is 1. The van der Waals surface area contributed by atoms with Crippen molar-refractivity contribution in [3.8, 4) is 0 Å². The van der Waals surface area contributed by atoms with Crippen LogP contribution in [0.2, 0.25) is 0 Å². The molecule has 2 N–H and O–H groups in total. The SMILES string of the molecule is COC(=O)[C@]1(C(C)C)CC[C@@](C)(c2nc(Br)c3c(N)nccn23)C1. The highest BCUT2D eigenvalue weighted by molar-refractivity contribution is 9.10. The van der Waals surface area contributed by atoms with Crippen LogP contribution >= 0.6 is 15.9 Å². The smallest absolute Gasteiger partial charge is 0.312 e. The van der Waals surface area contributed by atoms with Gasteiger partial charge >= 0.3 is 5.97 Å². The molecular weight excluding hydrogens is 372 g/mol. The fraction of sp³-hybridized carbons (Fsp3) is 0.588. The van der Waals surface area contributed by atoms with E-state index in [0.29, 0.717) is 16.8 Å². The number of anilines is 1. The van der Waals surface area contributed by atoms with E-state index in [1.807, 2.05) is 10.6 Å². The Bertz CT molecular complexity index is 803. The molecule has 7 heteroatoms. The van der Waals surface area contributed by atoms with Gasteiger partial charge in [0.15, 0.2) is 5.82 Å². The number of nitrogen functional groups attached to an aromatic ring is 1. The molecule has 0 spiro atoms. The van der Waals surface area contributed by atoms with Gasteiger partial charge in [-0.2, -0.15) is 0 Å². The normalized spacial score (nSPS) is 27.1. The van der Waals surface area contributed by atoms with Gasteiger partial charge in [0.1, 0.15) is 15.9 Å². The van der Waals surface area contributed by atoms with Gasteiger partial charge in [0.25, 0.3) is 0 Å². The Balaban J connectivity index is 2.11. The molecule has 24 heavy (non-hydrogen) atoms. The van der Waals surface area contributed by atoms with Crippen molar-refractivity contribution in [2.45, 2.75) is 45.4 Å². The highest BCUT2D eigenvalue weighted by atomic mass is 79.9. The Kier molecular flexibility index (Phi) is 4.10. The van der Waals surface area contributed by atoms with Crippen LogP contribution in [0.1, 0.15) is 45.9 Å². The zero-order valence-corrected chi connectivity index (χ0v) is 16.1. The number of ether oxygens (including phenoxy) is 1. The number of nitrogens with two attached hydrogens (primary N) is 1. The van der Waals surface area contributed by atoms with Crippen LogP contribution in [0.5, 0.6) is 0 Å². The van der Waals surface area contributed by atoms with Gasteiger partial charge in [-0.1, -0.05) is 20.8 Å². The van der Waals surface area contributed by atoms with Crippen molar-refractivity contribution >= 4 is 33.2 Å². The van der Waals surface area contributed by atoms with E-state index in [1.54, 1.807) is 6.20 Å². The second-order valence-electron chi connectivity index (χ2n) is 7.30. The first-order chi connectivity index (χ1) is 11.2. The van der Waals surface area contributed by atoms with Crippen LogP contribution in [0, 0.1) is 11.3 Å². The average molecular weight is 395 g/mol. The summed E-state index contributed by atoms with van der Waals surface area (Å²) in [6.45, 7) is 6.34. The van der Waals surface area contributed by atoms with Gasteiger partial charge in [-0.25, -0.2) is 9.97 Å². The molecule has 0 aliphatic heterocycles. The summed E-state index contributed by atoms with van der Waals surface area (Å²) in [5.74, 6) is 1.42. The molecular formula is C17H23BrN4O2. The number of fused-ring (bicyclic) bond motifs is 1. The van der Waals surface area contributed by atoms with Crippen molar-refractivity contribution in [1.82, 2.24) is 14.4 Å². The molecule has 2 aromatic rings. The first kappa shape index (κ1) is 17.2. The number of imidazole rings is 1. The molecule has 0 unspecified atom stereocenters. The molecule has 2 atom stereocenters. The number of carbonyl (C=O) groups is 1. The number of rotatable bonds is 3. The van der Waals surface area contributed by atoms with E-state index in [4.69, 9.17) is 15.5 Å². The van der Waals surface area contributed by atoms with Gasteiger partial charge in [0.2, 0.25) is 0 Å². The van der Waals surface area contributed by atoms with Crippen LogP contribution in [-0.2, 0) is 14.9 Å². The lowest BCUT2D eigenvalue weighted by Gasteiger charge is -2.32. The van der Waals surface area contributed by atoms with Crippen LogP contribution in [-0.4, -0.2) is 27.4 Å². The van der Waals surface area contributed by atoms with E-state index in [1.165, 1.54) is 7.11 Å². The highest BCUT2D eigenvalue weighted by Crippen LogP contribution is 2.55. The minimum atomic E-state index is -0.472. The predicted molar refractivity (Wildman–Crippen MR) is 95.6 cm³/mol. The quantitative estimate of drug-likeness (QED) is 0.807. The molecule has 1 aliphatic rings. The van der Waals surface area contributed by atoms with Crippen molar-refractivity contribution in [3.05, 3.63) is 22.8 Å². The first-order valence-corrected chi connectivity index (χ1v) is 8.91. The summed E-state index contributed by atoms with van der Waals surface area (Å²) in [7, 11) is 1.47. The van der Waals surface area contributed by atoms with Crippen molar-refractivity contribution in [3.63, 3.8) is 0 Å². The molecule has 2 heterocycles. The predicted octanol–water partition coefficient (Wildman–Crippen LogP) is 3.33. The van der Waals surface area contributed by atoms with Gasteiger partial charge in [-0.3, -0.25) is 9.20 Å². The topological polar surface area (TPSA) is 82.5 Å². The second-order valence-corrected chi connectivity index (χ2v) is 8.05. The lowest BCUT2D eigenvalue weighted by Crippen LogP contribution is -2.37. The minimum absolute atomic E-state index is 0.123. The number of carbonyl (C=O) groups excluding carboxylic acids is 1. The van der Waals surface area contributed by atoms with Gasteiger partial charge in [-0.15, -0.1) is 0 Å². The minimum Gasteiger partial charge on any atom is -0.469 e. The molecule has 1 fully saturated rings. The van der Waals surface area contributed by atoms with Crippen LogP contribution in [0.4, 0.5) is 5.82 Å². The molecule has 0 saturated heterocycles. The van der Waals surface area contributed by atoms with Gasteiger partial charge in [-0.05, 0) is 41.1 Å². The standard InChI is InChI=1S/C17H23BrN4O2/c1-10(2)17(15(23)24-4)6-5-16(3,9-17)14-21-12(18)11-13(19)20-7-8-22(11)14/h7-8,10H,5-6,9H2,1-4H3,(H2,19,20)/t16-,17-/m1/s1. The maximum atomic E-state index is 12.5. The van der Waals surface area contributed by atoms with Crippen molar-refractivity contribution < 1.29 is 9.53 Å². The zero-order chi connectivity index (χ0) is 17.7. The van der Waals surface area contributed by atoms with Gasteiger partial charge in [0, 0.05) is 17.8 Å². The number of hydrogen-bond acceptors (Lipinski definition) is 5.